The van der Waals surface area contributed by atoms with Crippen LogP contribution >= 0.6 is 0 Å². The van der Waals surface area contributed by atoms with Gasteiger partial charge in [0.15, 0.2) is 5.78 Å². The van der Waals surface area contributed by atoms with Gasteiger partial charge in [-0.05, 0) is 42.7 Å². The molecule has 0 spiro atoms. The molecule has 0 unspecified atom stereocenters. The lowest BCUT2D eigenvalue weighted by Gasteiger charge is -2.39. The van der Waals surface area contributed by atoms with Crippen molar-refractivity contribution in [2.24, 2.45) is 5.73 Å². The van der Waals surface area contributed by atoms with Crippen LogP contribution in [0.5, 0.6) is 0 Å². The highest BCUT2D eigenvalue weighted by Gasteiger charge is 2.41. The number of hydrogen-bond acceptors (Lipinski definition) is 5. The molecule has 152 valence electrons. The van der Waals surface area contributed by atoms with Gasteiger partial charge in [0.25, 0.3) is 0 Å². The van der Waals surface area contributed by atoms with E-state index < -0.39 is 17.7 Å². The summed E-state index contributed by atoms with van der Waals surface area (Å²) in [5.74, 6) is -0.796. The molecule has 0 saturated heterocycles. The van der Waals surface area contributed by atoms with Crippen molar-refractivity contribution in [1.82, 2.24) is 4.98 Å². The van der Waals surface area contributed by atoms with Crippen LogP contribution in [0.1, 0.15) is 36.3 Å². The molecule has 0 amide bonds. The summed E-state index contributed by atoms with van der Waals surface area (Å²) in [5.41, 5.74) is 7.38. The number of halogens is 3. The molecule has 5 nitrogen and oxygen atoms in total. The van der Waals surface area contributed by atoms with Crippen molar-refractivity contribution in [3.8, 4) is 6.07 Å². The first-order valence-electron chi connectivity index (χ1n) is 9.36. The SMILES string of the molecule is N#CC1=C(N)N(c2cccc(C(F)(F)F)c2)C2=C(C(=O)CCC2)[C@H]1c1cccnc1. The molecule has 0 radical (unpaired) electrons. The topological polar surface area (TPSA) is 83.0 Å². The normalized spacial score (nSPS) is 19.6. The lowest BCUT2D eigenvalue weighted by molar-refractivity contribution is -0.137. The second-order valence-electron chi connectivity index (χ2n) is 7.15. The van der Waals surface area contributed by atoms with Crippen LogP contribution in [0, 0.1) is 11.3 Å². The molecule has 1 aromatic carbocycles. The van der Waals surface area contributed by atoms with Gasteiger partial charge in [-0.2, -0.15) is 18.4 Å². The third-order valence-corrected chi connectivity index (χ3v) is 5.36. The third kappa shape index (κ3) is 3.22. The minimum absolute atomic E-state index is 0.0270. The highest BCUT2D eigenvalue weighted by Crippen LogP contribution is 2.46. The fourth-order valence-electron chi connectivity index (χ4n) is 4.08. The van der Waals surface area contributed by atoms with Gasteiger partial charge < -0.3 is 5.73 Å². The molecule has 1 aromatic heterocycles. The first-order chi connectivity index (χ1) is 14.3. The number of nitriles is 1. The van der Waals surface area contributed by atoms with Crippen LogP contribution in [-0.2, 0) is 11.0 Å². The third-order valence-electron chi connectivity index (χ3n) is 5.36. The molecule has 0 fully saturated rings. The lowest BCUT2D eigenvalue weighted by atomic mass is 9.76. The Morgan fingerprint density at radius 1 is 1.20 bits per heavy atom. The number of anilines is 1. The Labute approximate surface area is 170 Å². The molecule has 2 aliphatic rings. The average molecular weight is 410 g/mol. The molecule has 1 aliphatic carbocycles. The maximum atomic E-state index is 13.3. The number of Topliss-reactive ketones (excluding diaryl/α,β-unsaturated/α-hetero) is 1. The van der Waals surface area contributed by atoms with E-state index in [1.165, 1.54) is 17.0 Å². The molecule has 2 heterocycles. The fraction of sp³-hybridized carbons (Fsp3) is 0.227. The van der Waals surface area contributed by atoms with Crippen LogP contribution in [0.2, 0.25) is 0 Å². The van der Waals surface area contributed by atoms with Gasteiger partial charge in [0.1, 0.15) is 5.82 Å². The number of aromatic nitrogens is 1. The summed E-state index contributed by atoms with van der Waals surface area (Å²) < 4.78 is 39.8. The summed E-state index contributed by atoms with van der Waals surface area (Å²) in [5, 5.41) is 9.87. The van der Waals surface area contributed by atoms with Gasteiger partial charge in [0.05, 0.1) is 23.1 Å². The van der Waals surface area contributed by atoms with E-state index in [1.807, 2.05) is 0 Å². The molecule has 30 heavy (non-hydrogen) atoms. The molecule has 2 N–H and O–H groups in total. The van der Waals surface area contributed by atoms with Crippen molar-refractivity contribution < 1.29 is 18.0 Å². The van der Waals surface area contributed by atoms with Crippen molar-refractivity contribution in [3.63, 3.8) is 0 Å². The van der Waals surface area contributed by atoms with E-state index in [1.54, 1.807) is 24.5 Å². The van der Waals surface area contributed by atoms with Gasteiger partial charge in [-0.15, -0.1) is 0 Å². The van der Waals surface area contributed by atoms with Gasteiger partial charge in [-0.3, -0.25) is 14.7 Å². The number of pyridine rings is 1. The standard InChI is InChI=1S/C22H17F3N4O/c23-22(24,25)14-5-1-6-15(10-14)29-17-7-2-8-18(30)20(17)19(16(11-26)21(29)27)13-4-3-9-28-12-13/h1,3-6,9-10,12,19H,2,7-8,27H2/t19-/m0/s1. The maximum Gasteiger partial charge on any atom is 0.416 e. The molecule has 1 atom stereocenters. The van der Waals surface area contributed by atoms with E-state index >= 15 is 0 Å². The number of benzene rings is 1. The Kier molecular flexibility index (Phi) is 4.82. The number of carbonyl (C=O) groups excluding carboxylic acids is 1. The predicted molar refractivity (Wildman–Crippen MR) is 104 cm³/mol. The number of nitrogens with zero attached hydrogens (tertiary/aromatic N) is 3. The number of rotatable bonds is 2. The molecular formula is C22H17F3N4O. The summed E-state index contributed by atoms with van der Waals surface area (Å²) in [6.07, 6.45) is -0.0412. The van der Waals surface area contributed by atoms with E-state index in [2.05, 4.69) is 11.1 Å². The molecule has 0 bridgehead atoms. The number of ketones is 1. The zero-order chi connectivity index (χ0) is 21.5. The minimum Gasteiger partial charge on any atom is -0.384 e. The van der Waals surface area contributed by atoms with Crippen LogP contribution in [0.15, 0.2) is 71.5 Å². The van der Waals surface area contributed by atoms with E-state index in [9.17, 15) is 23.2 Å². The largest absolute Gasteiger partial charge is 0.416 e. The summed E-state index contributed by atoms with van der Waals surface area (Å²) in [4.78, 5) is 18.4. The van der Waals surface area contributed by atoms with Crippen LogP contribution in [0.4, 0.5) is 18.9 Å². The summed E-state index contributed by atoms with van der Waals surface area (Å²) in [6, 6.07) is 10.3. The summed E-state index contributed by atoms with van der Waals surface area (Å²) in [7, 11) is 0. The molecule has 2 aromatic rings. The van der Waals surface area contributed by atoms with E-state index in [-0.39, 0.29) is 22.9 Å². The molecule has 1 aliphatic heterocycles. The second kappa shape index (κ2) is 7.34. The predicted octanol–water partition coefficient (Wildman–Crippen LogP) is 4.41. The van der Waals surface area contributed by atoms with Crippen LogP contribution in [0.3, 0.4) is 0 Å². The van der Waals surface area contributed by atoms with Gasteiger partial charge in [-0.1, -0.05) is 12.1 Å². The number of hydrogen-bond donors (Lipinski definition) is 1. The number of carbonyl (C=O) groups is 1. The molecule has 0 saturated carbocycles. The highest BCUT2D eigenvalue weighted by molar-refractivity contribution is 6.01. The van der Waals surface area contributed by atoms with Gasteiger partial charge in [0, 0.05) is 35.8 Å². The Morgan fingerprint density at radius 2 is 2.00 bits per heavy atom. The Balaban J connectivity index is 1.95. The number of nitrogens with two attached hydrogens (primary N) is 1. The highest BCUT2D eigenvalue weighted by atomic mass is 19.4. The van der Waals surface area contributed by atoms with Gasteiger partial charge in [0.2, 0.25) is 0 Å². The van der Waals surface area contributed by atoms with E-state index in [0.717, 1.165) is 12.1 Å². The molecular weight excluding hydrogens is 393 g/mol. The summed E-state index contributed by atoms with van der Waals surface area (Å²) in [6.45, 7) is 0. The second-order valence-corrected chi connectivity index (χ2v) is 7.15. The molecule has 8 heteroatoms. The fourth-order valence-corrected chi connectivity index (χ4v) is 4.08. The van der Waals surface area contributed by atoms with Crippen molar-refractivity contribution in [1.29, 1.82) is 5.26 Å². The van der Waals surface area contributed by atoms with Crippen molar-refractivity contribution in [3.05, 3.63) is 82.6 Å². The van der Waals surface area contributed by atoms with E-state index in [0.29, 0.717) is 36.1 Å². The van der Waals surface area contributed by atoms with Gasteiger partial charge in [-0.25, -0.2) is 0 Å². The van der Waals surface area contributed by atoms with E-state index in [4.69, 9.17) is 5.73 Å². The minimum atomic E-state index is -4.53. The Morgan fingerprint density at radius 3 is 2.67 bits per heavy atom. The first-order valence-corrected chi connectivity index (χ1v) is 9.36. The van der Waals surface area contributed by atoms with Crippen LogP contribution in [0.25, 0.3) is 0 Å². The maximum absolute atomic E-state index is 13.3. The van der Waals surface area contributed by atoms with Crippen molar-refractivity contribution in [2.75, 3.05) is 4.90 Å². The van der Waals surface area contributed by atoms with Crippen molar-refractivity contribution in [2.45, 2.75) is 31.4 Å². The first kappa shape index (κ1) is 19.7. The van der Waals surface area contributed by atoms with Crippen molar-refractivity contribution >= 4 is 11.5 Å². The van der Waals surface area contributed by atoms with Crippen LogP contribution < -0.4 is 10.6 Å². The molecule has 4 rings (SSSR count). The Bertz CT molecular complexity index is 1110. The number of alkyl halides is 3. The van der Waals surface area contributed by atoms with Gasteiger partial charge >= 0.3 is 6.18 Å². The Hall–Kier alpha value is -3.60. The quantitative estimate of drug-likeness (QED) is 0.793. The average Bonchev–Trinajstić information content (AvgIpc) is 2.73. The van der Waals surface area contributed by atoms with Crippen LogP contribution in [-0.4, -0.2) is 10.8 Å². The summed E-state index contributed by atoms with van der Waals surface area (Å²) >= 11 is 0. The zero-order valence-electron chi connectivity index (χ0n) is 15.8. The zero-order valence-corrected chi connectivity index (χ0v) is 15.8. The smallest absolute Gasteiger partial charge is 0.384 e. The number of allylic oxidation sites excluding steroid dienone is 3. The lowest BCUT2D eigenvalue weighted by Crippen LogP contribution is -2.38. The monoisotopic (exact) mass is 410 g/mol.